The van der Waals surface area contributed by atoms with Gasteiger partial charge in [0.15, 0.2) is 0 Å². The summed E-state index contributed by atoms with van der Waals surface area (Å²) in [6.45, 7) is 16.3. The van der Waals surface area contributed by atoms with Crippen molar-refractivity contribution in [3.63, 3.8) is 0 Å². The van der Waals surface area contributed by atoms with E-state index in [1.54, 1.807) is 34.0 Å². The predicted octanol–water partition coefficient (Wildman–Crippen LogP) is 4.77. The average molecular weight is 332 g/mol. The Morgan fingerprint density at radius 1 is 1.17 bits per heavy atom. The fourth-order valence-corrected chi connectivity index (χ4v) is 3.07. The molecule has 1 heterocycles. The molecular weight excluding hydrogens is 300 g/mol. The summed E-state index contributed by atoms with van der Waals surface area (Å²) in [7, 11) is 0. The van der Waals surface area contributed by atoms with E-state index in [4.69, 9.17) is 0 Å². The summed E-state index contributed by atoms with van der Waals surface area (Å²) >= 11 is 0. The molecule has 0 aromatic carbocycles. The van der Waals surface area contributed by atoms with E-state index in [-0.39, 0.29) is 22.8 Å². The van der Waals surface area contributed by atoms with E-state index in [1.165, 1.54) is 0 Å². The monoisotopic (exact) mass is 332 g/mol. The van der Waals surface area contributed by atoms with E-state index in [1.807, 2.05) is 41.5 Å². The van der Waals surface area contributed by atoms with E-state index in [0.29, 0.717) is 12.1 Å². The molecule has 24 heavy (non-hydrogen) atoms. The summed E-state index contributed by atoms with van der Waals surface area (Å²) in [5.41, 5.74) is -0.126. The van der Waals surface area contributed by atoms with Gasteiger partial charge < -0.3 is 4.90 Å². The molecule has 0 fully saturated rings. The lowest BCUT2D eigenvalue weighted by molar-refractivity contribution is 0.0616. The van der Waals surface area contributed by atoms with Gasteiger partial charge in [-0.1, -0.05) is 26.8 Å². The van der Waals surface area contributed by atoms with Crippen molar-refractivity contribution in [2.75, 3.05) is 6.54 Å². The third-order valence-corrected chi connectivity index (χ3v) is 5.02. The van der Waals surface area contributed by atoms with Crippen LogP contribution in [0.1, 0.15) is 76.0 Å². The lowest BCUT2D eigenvalue weighted by Crippen LogP contribution is -2.45. The molecule has 1 rings (SSSR count). The highest BCUT2D eigenvalue weighted by molar-refractivity contribution is 5.96. The van der Waals surface area contributed by atoms with Crippen LogP contribution in [0, 0.1) is 5.41 Å². The second-order valence-electron chi connectivity index (χ2n) is 7.33. The van der Waals surface area contributed by atoms with Crippen molar-refractivity contribution in [2.45, 2.75) is 66.3 Å². The molecule has 0 N–H and O–H groups in total. The molecule has 0 bridgehead atoms. The smallest absolute Gasteiger partial charge is 0.256 e. The van der Waals surface area contributed by atoms with Gasteiger partial charge in [-0.05, 0) is 46.1 Å². The third kappa shape index (κ3) is 3.97. The molecule has 134 valence electrons. The summed E-state index contributed by atoms with van der Waals surface area (Å²) in [5, 5.41) is 0. The van der Waals surface area contributed by atoms with Crippen molar-refractivity contribution >= 4 is 11.8 Å². The van der Waals surface area contributed by atoms with Gasteiger partial charge in [-0.15, -0.1) is 6.58 Å². The molecule has 0 aliphatic carbocycles. The quantitative estimate of drug-likeness (QED) is 0.675. The zero-order valence-corrected chi connectivity index (χ0v) is 16.1. The van der Waals surface area contributed by atoms with Crippen molar-refractivity contribution in [3.8, 4) is 0 Å². The summed E-state index contributed by atoms with van der Waals surface area (Å²) in [6, 6.07) is 1.73. The van der Waals surface area contributed by atoms with Gasteiger partial charge in [-0.3, -0.25) is 14.2 Å². The van der Waals surface area contributed by atoms with E-state index in [9.17, 15) is 9.59 Å². The zero-order chi connectivity index (χ0) is 18.5. The van der Waals surface area contributed by atoms with Gasteiger partial charge in [-0.25, -0.2) is 0 Å². The Morgan fingerprint density at radius 3 is 2.12 bits per heavy atom. The second kappa shape index (κ2) is 7.82. The first-order chi connectivity index (χ1) is 11.2. The first-order valence-electron chi connectivity index (χ1n) is 8.82. The summed E-state index contributed by atoms with van der Waals surface area (Å²) in [5.74, 6) is -0.0101. The molecule has 0 unspecified atom stereocenters. The topological polar surface area (TPSA) is 42.3 Å². The summed E-state index contributed by atoms with van der Waals surface area (Å²) in [6.07, 6.45) is 7.49. The number of hydrogen-bond donors (Lipinski definition) is 0. The van der Waals surface area contributed by atoms with E-state index < -0.39 is 0 Å². The molecule has 1 amide bonds. The Labute approximate surface area is 146 Å². The van der Waals surface area contributed by atoms with Crippen LogP contribution in [0.15, 0.2) is 31.1 Å². The van der Waals surface area contributed by atoms with Gasteiger partial charge in [0.25, 0.3) is 5.91 Å². The van der Waals surface area contributed by atoms with Gasteiger partial charge in [0.1, 0.15) is 0 Å². The molecular formula is C20H32N2O2. The van der Waals surface area contributed by atoms with Gasteiger partial charge >= 0.3 is 0 Å². The Morgan fingerprint density at radius 2 is 1.71 bits per heavy atom. The Kier molecular flexibility index (Phi) is 6.58. The van der Waals surface area contributed by atoms with Crippen LogP contribution in [-0.4, -0.2) is 33.4 Å². The number of aromatic nitrogens is 1. The molecule has 1 aromatic rings. The molecule has 0 saturated carbocycles. The van der Waals surface area contributed by atoms with Crippen LogP contribution in [0.4, 0.5) is 0 Å². The average Bonchev–Trinajstić information content (AvgIpc) is 3.03. The number of nitrogens with zero attached hydrogens (tertiary/aromatic N) is 2. The fraction of sp³-hybridized carbons (Fsp3) is 0.600. The highest BCUT2D eigenvalue weighted by Crippen LogP contribution is 2.32. The predicted molar refractivity (Wildman–Crippen MR) is 99.4 cm³/mol. The normalized spacial score (nSPS) is 12.1. The minimum atomic E-state index is -0.357. The van der Waals surface area contributed by atoms with Gasteiger partial charge in [0, 0.05) is 29.9 Å². The Balaban J connectivity index is 3.14. The third-order valence-electron chi connectivity index (χ3n) is 5.02. The first-order valence-corrected chi connectivity index (χ1v) is 8.82. The standard InChI is InChI=1S/C20H32N2O2/c1-8-13-22(19(5,6)7)17(23)16-12-14-21(15-16)18(24)20(9-2,10-3)11-4/h8,12,14-15H,1,9-11,13H2,2-7H3. The van der Waals surface area contributed by atoms with Gasteiger partial charge in [0.05, 0.1) is 5.56 Å². The molecule has 0 saturated heterocycles. The van der Waals surface area contributed by atoms with Crippen LogP contribution in [0.3, 0.4) is 0 Å². The van der Waals surface area contributed by atoms with Crippen molar-refractivity contribution in [2.24, 2.45) is 5.41 Å². The number of rotatable bonds is 7. The zero-order valence-electron chi connectivity index (χ0n) is 16.1. The minimum Gasteiger partial charge on any atom is -0.330 e. The number of amides is 1. The highest BCUT2D eigenvalue weighted by atomic mass is 16.2. The maximum atomic E-state index is 12.9. The van der Waals surface area contributed by atoms with Crippen LogP contribution < -0.4 is 0 Å². The largest absolute Gasteiger partial charge is 0.330 e. The van der Waals surface area contributed by atoms with Crippen molar-refractivity contribution in [3.05, 3.63) is 36.7 Å². The van der Waals surface area contributed by atoms with Crippen LogP contribution >= 0.6 is 0 Å². The SMILES string of the molecule is C=CCN(C(=O)c1ccn(C(=O)C(CC)(CC)CC)c1)C(C)(C)C. The maximum Gasteiger partial charge on any atom is 0.256 e. The molecule has 4 nitrogen and oxygen atoms in total. The van der Waals surface area contributed by atoms with Crippen molar-refractivity contribution in [1.82, 2.24) is 9.47 Å². The van der Waals surface area contributed by atoms with Crippen LogP contribution in [-0.2, 0) is 0 Å². The van der Waals surface area contributed by atoms with Crippen molar-refractivity contribution in [1.29, 1.82) is 0 Å². The van der Waals surface area contributed by atoms with Crippen LogP contribution in [0.25, 0.3) is 0 Å². The molecule has 0 spiro atoms. The van der Waals surface area contributed by atoms with Crippen LogP contribution in [0.5, 0.6) is 0 Å². The first kappa shape index (κ1) is 20.2. The molecule has 0 radical (unpaired) electrons. The maximum absolute atomic E-state index is 12.9. The Hall–Kier alpha value is -1.84. The van der Waals surface area contributed by atoms with E-state index in [0.717, 1.165) is 19.3 Å². The Bertz CT molecular complexity index is 581. The highest BCUT2D eigenvalue weighted by Gasteiger charge is 2.34. The van der Waals surface area contributed by atoms with Crippen LogP contribution in [0.2, 0.25) is 0 Å². The molecule has 0 aliphatic rings. The van der Waals surface area contributed by atoms with Gasteiger partial charge in [-0.2, -0.15) is 0 Å². The van der Waals surface area contributed by atoms with E-state index >= 15 is 0 Å². The lowest BCUT2D eigenvalue weighted by atomic mass is 9.79. The molecule has 1 aromatic heterocycles. The molecule has 4 heteroatoms. The molecule has 0 aliphatic heterocycles. The summed E-state index contributed by atoms with van der Waals surface area (Å²) < 4.78 is 1.58. The van der Waals surface area contributed by atoms with E-state index in [2.05, 4.69) is 6.58 Å². The minimum absolute atomic E-state index is 0.0695. The second-order valence-corrected chi connectivity index (χ2v) is 7.33. The van der Waals surface area contributed by atoms with Gasteiger partial charge in [0.2, 0.25) is 5.91 Å². The fourth-order valence-electron chi connectivity index (χ4n) is 3.07. The summed E-state index contributed by atoms with van der Waals surface area (Å²) in [4.78, 5) is 27.5. The number of hydrogen-bond acceptors (Lipinski definition) is 2. The molecule has 0 atom stereocenters. The van der Waals surface area contributed by atoms with Crippen molar-refractivity contribution < 1.29 is 9.59 Å². The number of carbonyl (C=O) groups is 2. The lowest BCUT2D eigenvalue weighted by Gasteiger charge is -2.34. The number of carbonyl (C=O) groups excluding carboxylic acids is 2.